The number of hydrogen-bond acceptors (Lipinski definition) is 4. The molecule has 0 aromatic rings. The largest absolute Gasteiger partial charge is 0.392 e. The lowest BCUT2D eigenvalue weighted by Gasteiger charge is -2.37. The summed E-state index contributed by atoms with van der Waals surface area (Å²) >= 11 is 6.54. The molecule has 0 radical (unpaired) electrons. The van der Waals surface area contributed by atoms with Crippen molar-refractivity contribution in [2.75, 3.05) is 38.2 Å². The number of nitrogens with two attached hydrogens (primary N) is 1. The Morgan fingerprint density at radius 1 is 1.44 bits per heavy atom. The van der Waals surface area contributed by atoms with Gasteiger partial charge in [-0.3, -0.25) is 9.69 Å². The highest BCUT2D eigenvalue weighted by atomic mass is 32.2. The zero-order chi connectivity index (χ0) is 12.1. The van der Waals surface area contributed by atoms with Gasteiger partial charge in [0.1, 0.15) is 0 Å². The molecule has 0 bridgehead atoms. The highest BCUT2D eigenvalue weighted by molar-refractivity contribution is 7.99. The topological polar surface area (TPSA) is 49.6 Å². The number of carbonyl (C=O) groups is 1. The fourth-order valence-corrected chi connectivity index (χ4v) is 2.33. The predicted molar refractivity (Wildman–Crippen MR) is 72.8 cm³/mol. The SMILES string of the molecule is CSCC(=O)N1CCN(C(C)C(N)=S)CC1. The van der Waals surface area contributed by atoms with E-state index in [1.807, 2.05) is 18.1 Å². The van der Waals surface area contributed by atoms with E-state index in [9.17, 15) is 4.79 Å². The van der Waals surface area contributed by atoms with E-state index in [4.69, 9.17) is 18.0 Å². The van der Waals surface area contributed by atoms with E-state index >= 15 is 0 Å². The Morgan fingerprint density at radius 2 is 2.00 bits per heavy atom. The summed E-state index contributed by atoms with van der Waals surface area (Å²) in [5.41, 5.74) is 5.61. The van der Waals surface area contributed by atoms with Crippen LogP contribution in [0, 0.1) is 0 Å². The lowest BCUT2D eigenvalue weighted by molar-refractivity contribution is -0.130. The molecular weight excluding hydrogens is 242 g/mol. The minimum Gasteiger partial charge on any atom is -0.392 e. The summed E-state index contributed by atoms with van der Waals surface area (Å²) in [7, 11) is 0. The first-order valence-electron chi connectivity index (χ1n) is 5.36. The zero-order valence-corrected chi connectivity index (χ0v) is 11.4. The smallest absolute Gasteiger partial charge is 0.232 e. The van der Waals surface area contributed by atoms with Gasteiger partial charge in [-0.05, 0) is 13.2 Å². The Hall–Kier alpha value is -0.330. The average Bonchev–Trinajstić information content (AvgIpc) is 2.28. The van der Waals surface area contributed by atoms with Crippen molar-refractivity contribution < 1.29 is 4.79 Å². The van der Waals surface area contributed by atoms with Gasteiger partial charge < -0.3 is 10.6 Å². The molecule has 1 saturated heterocycles. The molecule has 1 unspecified atom stereocenters. The zero-order valence-electron chi connectivity index (χ0n) is 9.81. The van der Waals surface area contributed by atoms with E-state index in [1.54, 1.807) is 11.8 Å². The van der Waals surface area contributed by atoms with Gasteiger partial charge in [0.15, 0.2) is 0 Å². The van der Waals surface area contributed by atoms with Crippen LogP contribution >= 0.6 is 24.0 Å². The van der Waals surface area contributed by atoms with Gasteiger partial charge in [0.05, 0.1) is 16.8 Å². The van der Waals surface area contributed by atoms with E-state index in [0.717, 1.165) is 26.2 Å². The maximum absolute atomic E-state index is 11.6. The van der Waals surface area contributed by atoms with Crippen LogP contribution in [0.3, 0.4) is 0 Å². The third-order valence-corrected chi connectivity index (χ3v) is 3.77. The van der Waals surface area contributed by atoms with Gasteiger partial charge in [-0.1, -0.05) is 12.2 Å². The van der Waals surface area contributed by atoms with Gasteiger partial charge in [0.2, 0.25) is 5.91 Å². The molecule has 0 aromatic heterocycles. The second kappa shape index (κ2) is 6.42. The Labute approximate surface area is 107 Å². The van der Waals surface area contributed by atoms with Crippen LogP contribution in [0.1, 0.15) is 6.92 Å². The molecule has 1 rings (SSSR count). The molecule has 1 amide bonds. The number of piperazine rings is 1. The molecular formula is C10H19N3OS2. The van der Waals surface area contributed by atoms with Crippen LogP contribution in [0.5, 0.6) is 0 Å². The fourth-order valence-electron chi connectivity index (χ4n) is 1.75. The number of nitrogens with zero attached hydrogens (tertiary/aromatic N) is 2. The lowest BCUT2D eigenvalue weighted by Crippen LogP contribution is -2.54. The minimum atomic E-state index is 0.132. The molecule has 16 heavy (non-hydrogen) atoms. The number of amides is 1. The third-order valence-electron chi connectivity index (χ3n) is 2.89. The molecule has 0 aliphatic carbocycles. The van der Waals surface area contributed by atoms with Crippen molar-refractivity contribution in [1.29, 1.82) is 0 Å². The summed E-state index contributed by atoms with van der Waals surface area (Å²) in [6.07, 6.45) is 1.95. The minimum absolute atomic E-state index is 0.132. The van der Waals surface area contributed by atoms with Crippen molar-refractivity contribution >= 4 is 34.9 Å². The molecule has 1 aliphatic rings. The standard InChI is InChI=1S/C10H19N3OS2/c1-8(10(11)15)12-3-5-13(6-4-12)9(14)7-16-2/h8H,3-7H2,1-2H3,(H2,11,15). The fraction of sp³-hybridized carbons (Fsp3) is 0.800. The Bertz CT molecular complexity index is 265. The monoisotopic (exact) mass is 261 g/mol. The van der Waals surface area contributed by atoms with Gasteiger partial charge in [-0.2, -0.15) is 11.8 Å². The van der Waals surface area contributed by atoms with Gasteiger partial charge in [0.25, 0.3) is 0 Å². The second-order valence-electron chi connectivity index (χ2n) is 3.93. The highest BCUT2D eigenvalue weighted by Crippen LogP contribution is 2.08. The summed E-state index contributed by atoms with van der Waals surface area (Å²) in [6.45, 7) is 5.30. The first kappa shape index (κ1) is 13.7. The second-order valence-corrected chi connectivity index (χ2v) is 5.27. The number of thiocarbonyl (C=S) groups is 1. The molecule has 0 aromatic carbocycles. The molecule has 1 fully saturated rings. The van der Waals surface area contributed by atoms with Crippen LogP contribution in [0.4, 0.5) is 0 Å². The van der Waals surface area contributed by atoms with Crippen molar-refractivity contribution in [2.45, 2.75) is 13.0 Å². The van der Waals surface area contributed by atoms with Gasteiger partial charge in [-0.15, -0.1) is 0 Å². The molecule has 6 heteroatoms. The predicted octanol–water partition coefficient (Wildman–Crippen LogP) is 0.168. The number of carbonyl (C=O) groups excluding carboxylic acids is 1. The number of rotatable bonds is 4. The summed E-state index contributed by atoms with van der Waals surface area (Å²) in [5, 5.41) is 0. The molecule has 0 saturated carbocycles. The summed E-state index contributed by atoms with van der Waals surface area (Å²) in [4.78, 5) is 16.3. The highest BCUT2D eigenvalue weighted by Gasteiger charge is 2.24. The normalized spacial score (nSPS) is 19.5. The van der Waals surface area contributed by atoms with Crippen LogP contribution in [-0.4, -0.2) is 64.9 Å². The molecule has 92 valence electrons. The molecule has 2 N–H and O–H groups in total. The molecule has 1 aliphatic heterocycles. The summed E-state index contributed by atoms with van der Waals surface area (Å²) in [6, 6.07) is 0.132. The van der Waals surface area contributed by atoms with Crippen LogP contribution in [0.25, 0.3) is 0 Å². The van der Waals surface area contributed by atoms with Crippen LogP contribution in [-0.2, 0) is 4.79 Å². The lowest BCUT2D eigenvalue weighted by atomic mass is 10.2. The van der Waals surface area contributed by atoms with E-state index in [0.29, 0.717) is 10.7 Å². The van der Waals surface area contributed by atoms with Crippen LogP contribution < -0.4 is 5.73 Å². The van der Waals surface area contributed by atoms with E-state index < -0.39 is 0 Å². The number of hydrogen-bond donors (Lipinski definition) is 1. The van der Waals surface area contributed by atoms with Crippen molar-refractivity contribution in [1.82, 2.24) is 9.80 Å². The van der Waals surface area contributed by atoms with Crippen LogP contribution in [0.15, 0.2) is 0 Å². The maximum Gasteiger partial charge on any atom is 0.232 e. The Balaban J connectivity index is 2.39. The van der Waals surface area contributed by atoms with E-state index in [1.165, 1.54) is 0 Å². The van der Waals surface area contributed by atoms with Crippen molar-refractivity contribution in [3.8, 4) is 0 Å². The van der Waals surface area contributed by atoms with Crippen molar-refractivity contribution in [3.63, 3.8) is 0 Å². The first-order valence-corrected chi connectivity index (χ1v) is 7.16. The van der Waals surface area contributed by atoms with E-state index in [-0.39, 0.29) is 11.9 Å². The Morgan fingerprint density at radius 3 is 2.44 bits per heavy atom. The van der Waals surface area contributed by atoms with Gasteiger partial charge >= 0.3 is 0 Å². The quantitative estimate of drug-likeness (QED) is 0.731. The summed E-state index contributed by atoms with van der Waals surface area (Å²) < 4.78 is 0. The van der Waals surface area contributed by atoms with E-state index in [2.05, 4.69) is 4.90 Å². The summed E-state index contributed by atoms with van der Waals surface area (Å²) in [5.74, 6) is 0.806. The maximum atomic E-state index is 11.6. The van der Waals surface area contributed by atoms with Crippen molar-refractivity contribution in [3.05, 3.63) is 0 Å². The van der Waals surface area contributed by atoms with Crippen molar-refractivity contribution in [2.24, 2.45) is 5.73 Å². The molecule has 1 atom stereocenters. The van der Waals surface area contributed by atoms with Gasteiger partial charge in [-0.25, -0.2) is 0 Å². The Kier molecular flexibility index (Phi) is 5.51. The number of thioether (sulfide) groups is 1. The molecule has 4 nitrogen and oxygen atoms in total. The third kappa shape index (κ3) is 3.61. The van der Waals surface area contributed by atoms with Gasteiger partial charge in [0, 0.05) is 26.2 Å². The van der Waals surface area contributed by atoms with Crippen LogP contribution in [0.2, 0.25) is 0 Å². The first-order chi connectivity index (χ1) is 7.56. The molecule has 1 heterocycles. The average molecular weight is 261 g/mol. The molecule has 0 spiro atoms.